The Morgan fingerprint density at radius 2 is 1.73 bits per heavy atom. The van der Waals surface area contributed by atoms with Gasteiger partial charge in [0.2, 0.25) is 5.75 Å². The lowest BCUT2D eigenvalue weighted by Crippen LogP contribution is -2.45. The first kappa shape index (κ1) is 30.0. The third kappa shape index (κ3) is 7.72. The lowest BCUT2D eigenvalue weighted by Gasteiger charge is -2.20. The molecule has 2 aromatic carbocycles. The number of ether oxygens (including phenoxy) is 4. The van der Waals surface area contributed by atoms with Crippen molar-refractivity contribution in [3.63, 3.8) is 0 Å². The number of sulfonamides is 1. The molecule has 1 atom stereocenters. The summed E-state index contributed by atoms with van der Waals surface area (Å²) in [7, 11) is -2.75. The van der Waals surface area contributed by atoms with Gasteiger partial charge in [0.25, 0.3) is 22.1 Å². The van der Waals surface area contributed by atoms with Crippen molar-refractivity contribution in [1.29, 1.82) is 0 Å². The first-order chi connectivity index (χ1) is 18.8. The fourth-order valence-electron chi connectivity index (χ4n) is 3.24. The average Bonchev–Trinajstić information content (AvgIpc) is 2.89. The van der Waals surface area contributed by atoms with Gasteiger partial charge in [0.05, 0.1) is 18.6 Å². The summed E-state index contributed by atoms with van der Waals surface area (Å²) in [5.74, 6) is -2.21. The maximum atomic E-state index is 13.3. The zero-order valence-corrected chi connectivity index (χ0v) is 23.3. The molecule has 0 aliphatic rings. The number of aromatic nitrogens is 2. The molecule has 1 amide bonds. The van der Waals surface area contributed by atoms with Gasteiger partial charge in [-0.25, -0.2) is 23.0 Å². The van der Waals surface area contributed by atoms with Crippen LogP contribution in [0.15, 0.2) is 59.8 Å². The molecule has 214 valence electrons. The lowest BCUT2D eigenvalue weighted by molar-refractivity contribution is -0.146. The van der Waals surface area contributed by atoms with Crippen LogP contribution in [0.3, 0.4) is 0 Å². The first-order valence-corrected chi connectivity index (χ1v) is 13.5. The molecule has 0 radical (unpaired) electrons. The normalized spacial score (nSPS) is 12.1. The van der Waals surface area contributed by atoms with Gasteiger partial charge in [0, 0.05) is 6.07 Å². The molecule has 0 aliphatic carbocycles. The van der Waals surface area contributed by atoms with Crippen LogP contribution in [-0.2, 0) is 25.0 Å². The molecule has 1 heterocycles. The number of rotatable bonds is 11. The van der Waals surface area contributed by atoms with Crippen LogP contribution in [0, 0.1) is 0 Å². The van der Waals surface area contributed by atoms with Gasteiger partial charge >= 0.3 is 12.1 Å². The highest BCUT2D eigenvalue weighted by molar-refractivity contribution is 7.92. The summed E-state index contributed by atoms with van der Waals surface area (Å²) in [6, 6.07) is 12.6. The van der Waals surface area contributed by atoms with E-state index in [1.807, 2.05) is 26.1 Å². The van der Waals surface area contributed by atoms with E-state index in [0.29, 0.717) is 5.75 Å². The predicted molar refractivity (Wildman–Crippen MR) is 143 cm³/mol. The van der Waals surface area contributed by atoms with Gasteiger partial charge in [-0.15, -0.1) is 0 Å². The van der Waals surface area contributed by atoms with Gasteiger partial charge in [-0.2, -0.15) is 4.98 Å². The van der Waals surface area contributed by atoms with Crippen LogP contribution >= 0.6 is 0 Å². The summed E-state index contributed by atoms with van der Waals surface area (Å²) in [4.78, 5) is 31.5. The van der Waals surface area contributed by atoms with E-state index in [2.05, 4.69) is 14.7 Å². The van der Waals surface area contributed by atoms with Crippen molar-refractivity contribution in [2.75, 3.05) is 18.4 Å². The Labute approximate surface area is 231 Å². The van der Waals surface area contributed by atoms with Crippen molar-refractivity contribution in [2.24, 2.45) is 0 Å². The minimum Gasteiger partial charge on any atom is -0.497 e. The Morgan fingerprint density at radius 1 is 1.05 bits per heavy atom. The number of alkyl carbamates (subject to hydrolysis) is 1. The molecule has 0 saturated carbocycles. The van der Waals surface area contributed by atoms with E-state index in [0.717, 1.165) is 11.9 Å². The van der Waals surface area contributed by atoms with Crippen LogP contribution in [-0.4, -0.2) is 55.5 Å². The minimum atomic E-state index is -4.20. The fourth-order valence-corrected chi connectivity index (χ4v) is 4.25. The molecule has 0 bridgehead atoms. The van der Waals surface area contributed by atoms with Crippen LogP contribution in [0.5, 0.6) is 23.1 Å². The van der Waals surface area contributed by atoms with Gasteiger partial charge in [0.15, 0.2) is 5.82 Å². The Kier molecular flexibility index (Phi) is 9.37. The third-order valence-corrected chi connectivity index (χ3v) is 6.63. The Bertz CT molecular complexity index is 1460. The highest BCUT2D eigenvalue weighted by Crippen LogP contribution is 2.38. The molecule has 13 nitrogen and oxygen atoms in total. The maximum Gasteiger partial charge on any atom is 0.410 e. The van der Waals surface area contributed by atoms with E-state index < -0.39 is 34.2 Å². The number of nitrogens with zero attached hydrogens (tertiary/aromatic N) is 2. The lowest BCUT2D eigenvalue weighted by atomic mass is 9.87. The van der Waals surface area contributed by atoms with Gasteiger partial charge in [0.1, 0.15) is 17.8 Å². The smallest absolute Gasteiger partial charge is 0.410 e. The molecule has 0 fully saturated rings. The number of amides is 1. The Hall–Kier alpha value is -4.59. The summed E-state index contributed by atoms with van der Waals surface area (Å²) in [5.41, 5.74) is 0.741. The molecule has 0 aliphatic heterocycles. The number of hydrogen-bond donors (Lipinski definition) is 3. The van der Waals surface area contributed by atoms with Crippen molar-refractivity contribution >= 4 is 27.9 Å². The highest BCUT2D eigenvalue weighted by Gasteiger charge is 2.28. The van der Waals surface area contributed by atoms with Crippen LogP contribution in [0.2, 0.25) is 0 Å². The summed E-state index contributed by atoms with van der Waals surface area (Å²) in [6.07, 6.45) is -2.08. The molecular weight excluding hydrogens is 544 g/mol. The zero-order valence-electron chi connectivity index (χ0n) is 22.5. The summed E-state index contributed by atoms with van der Waals surface area (Å²) < 4.78 is 50.1. The standard InChI is InChI=1S/C26H30N4O9S/c1-6-37-25(33)29-23(24(31)32)39-22-20(38-18-9-7-8-17(14-18)36-5)21(27-15-28-22)30-40(34,35)19-12-10-16(11-13-19)26(2,3)4/h7-15,23H,6H2,1-5H3,(H,29,33)(H,31,32)(H,27,28,30). The topological polar surface area (TPSA) is 175 Å². The second-order valence-electron chi connectivity index (χ2n) is 9.22. The fraction of sp³-hybridized carbons (Fsp3) is 0.308. The van der Waals surface area contributed by atoms with Gasteiger partial charge in [-0.1, -0.05) is 39.0 Å². The van der Waals surface area contributed by atoms with Gasteiger partial charge < -0.3 is 24.1 Å². The molecule has 14 heteroatoms. The molecule has 3 rings (SSSR count). The van der Waals surface area contributed by atoms with E-state index in [1.165, 1.54) is 38.3 Å². The van der Waals surface area contributed by atoms with Crippen molar-refractivity contribution in [1.82, 2.24) is 15.3 Å². The van der Waals surface area contributed by atoms with Crippen molar-refractivity contribution in [3.05, 3.63) is 60.4 Å². The number of hydrogen-bond acceptors (Lipinski definition) is 10. The number of carboxylic acid groups (broad SMARTS) is 1. The van der Waals surface area contributed by atoms with E-state index in [-0.39, 0.29) is 34.2 Å². The summed E-state index contributed by atoms with van der Waals surface area (Å²) >= 11 is 0. The van der Waals surface area contributed by atoms with Crippen molar-refractivity contribution in [2.45, 2.75) is 44.2 Å². The van der Waals surface area contributed by atoms with E-state index in [9.17, 15) is 23.1 Å². The SMILES string of the molecule is CCOC(=O)NC(Oc1ncnc(NS(=O)(=O)c2ccc(C(C)(C)C)cc2)c1Oc1cccc(OC)c1)C(=O)O. The predicted octanol–water partition coefficient (Wildman–Crippen LogP) is 3.91. The van der Waals surface area contributed by atoms with Crippen LogP contribution in [0.1, 0.15) is 33.3 Å². The molecule has 3 N–H and O–H groups in total. The zero-order chi connectivity index (χ0) is 29.5. The Balaban J connectivity index is 2.03. The summed E-state index contributed by atoms with van der Waals surface area (Å²) in [6.45, 7) is 7.52. The number of methoxy groups -OCH3 is 1. The molecule has 0 spiro atoms. The van der Waals surface area contributed by atoms with Gasteiger partial charge in [-0.3, -0.25) is 10.0 Å². The first-order valence-electron chi connectivity index (χ1n) is 12.0. The van der Waals surface area contributed by atoms with Crippen molar-refractivity contribution < 1.29 is 42.1 Å². The van der Waals surface area contributed by atoms with Crippen LogP contribution in [0.25, 0.3) is 0 Å². The second-order valence-corrected chi connectivity index (χ2v) is 10.9. The van der Waals surface area contributed by atoms with Crippen LogP contribution in [0.4, 0.5) is 10.6 Å². The monoisotopic (exact) mass is 574 g/mol. The minimum absolute atomic E-state index is 0.0153. The number of anilines is 1. The van der Waals surface area contributed by atoms with E-state index >= 15 is 0 Å². The number of nitrogens with one attached hydrogen (secondary N) is 2. The number of benzene rings is 2. The summed E-state index contributed by atoms with van der Waals surface area (Å²) in [5, 5.41) is 11.6. The third-order valence-electron chi connectivity index (χ3n) is 5.27. The molecular formula is C26H30N4O9S. The average molecular weight is 575 g/mol. The van der Waals surface area contributed by atoms with Crippen molar-refractivity contribution in [3.8, 4) is 23.1 Å². The largest absolute Gasteiger partial charge is 0.497 e. The highest BCUT2D eigenvalue weighted by atomic mass is 32.2. The number of carbonyl (C=O) groups excluding carboxylic acids is 1. The molecule has 40 heavy (non-hydrogen) atoms. The molecule has 1 unspecified atom stereocenters. The number of carboxylic acids is 1. The molecule has 0 saturated heterocycles. The quantitative estimate of drug-likeness (QED) is 0.283. The van der Waals surface area contributed by atoms with Crippen LogP contribution < -0.4 is 24.2 Å². The number of aliphatic carboxylic acids is 1. The van der Waals surface area contributed by atoms with Gasteiger partial charge in [-0.05, 0) is 42.2 Å². The second kappa shape index (κ2) is 12.5. The number of carbonyl (C=O) groups is 2. The maximum absolute atomic E-state index is 13.3. The molecule has 1 aromatic heterocycles. The van der Waals surface area contributed by atoms with E-state index in [1.54, 1.807) is 24.3 Å². The molecule has 3 aromatic rings. The van der Waals surface area contributed by atoms with E-state index in [4.69, 9.17) is 18.9 Å². The Morgan fingerprint density at radius 3 is 2.33 bits per heavy atom.